The molecular weight excluding hydrogens is 192 g/mol. The van der Waals surface area contributed by atoms with E-state index in [0.29, 0.717) is 0 Å². The Hall–Kier alpha value is -0.830. The molecule has 15 heavy (non-hydrogen) atoms. The summed E-state index contributed by atoms with van der Waals surface area (Å²) >= 11 is 0. The Labute approximate surface area is 91.1 Å². The molecule has 1 aliphatic rings. The molecule has 0 saturated heterocycles. The summed E-state index contributed by atoms with van der Waals surface area (Å²) in [5, 5.41) is 9.32. The number of ether oxygens (including phenoxy) is 1. The summed E-state index contributed by atoms with van der Waals surface area (Å²) in [6.45, 7) is 1.99. The first-order chi connectivity index (χ1) is 7.22. The van der Waals surface area contributed by atoms with Crippen LogP contribution in [-0.4, -0.2) is 23.3 Å². The molecule has 0 amide bonds. The Morgan fingerprint density at radius 1 is 1.47 bits per heavy atom. The monoisotopic (exact) mass is 212 g/mol. The van der Waals surface area contributed by atoms with Crippen LogP contribution in [0.3, 0.4) is 0 Å². The van der Waals surface area contributed by atoms with Gasteiger partial charge in [0.1, 0.15) is 6.10 Å². The summed E-state index contributed by atoms with van der Waals surface area (Å²) in [6, 6.07) is 0. The number of cyclic esters (lactones) is 1. The lowest BCUT2D eigenvalue weighted by Crippen LogP contribution is -2.07. The summed E-state index contributed by atoms with van der Waals surface area (Å²) < 4.78 is 5.01. The van der Waals surface area contributed by atoms with Crippen molar-refractivity contribution in [2.24, 2.45) is 0 Å². The maximum atomic E-state index is 10.7. The highest BCUT2D eigenvalue weighted by atomic mass is 16.5. The van der Waals surface area contributed by atoms with Crippen molar-refractivity contribution < 1.29 is 14.6 Å². The summed E-state index contributed by atoms with van der Waals surface area (Å²) in [5.74, 6) is -0.221. The van der Waals surface area contributed by atoms with Crippen molar-refractivity contribution in [2.45, 2.75) is 57.7 Å². The molecule has 0 radical (unpaired) electrons. The Kier molecular flexibility index (Phi) is 5.40. The molecule has 1 unspecified atom stereocenters. The molecule has 0 aromatic rings. The zero-order valence-electron chi connectivity index (χ0n) is 9.32. The van der Waals surface area contributed by atoms with Crippen molar-refractivity contribution in [3.05, 3.63) is 12.2 Å². The molecule has 1 rings (SSSR count). The Morgan fingerprint density at radius 2 is 2.27 bits per heavy atom. The topological polar surface area (TPSA) is 46.5 Å². The maximum absolute atomic E-state index is 10.7. The fraction of sp³-hybridized carbons (Fsp3) is 0.750. The van der Waals surface area contributed by atoms with Gasteiger partial charge < -0.3 is 9.84 Å². The summed E-state index contributed by atoms with van der Waals surface area (Å²) in [4.78, 5) is 10.7. The van der Waals surface area contributed by atoms with Crippen LogP contribution in [0.1, 0.15) is 45.4 Å². The van der Waals surface area contributed by atoms with Crippen LogP contribution in [0.15, 0.2) is 12.2 Å². The Morgan fingerprint density at radius 3 is 2.87 bits per heavy atom. The largest absolute Gasteiger partial charge is 0.455 e. The van der Waals surface area contributed by atoms with Gasteiger partial charge in [-0.05, 0) is 31.8 Å². The van der Waals surface area contributed by atoms with Crippen LogP contribution in [0, 0.1) is 0 Å². The first-order valence-corrected chi connectivity index (χ1v) is 5.79. The lowest BCUT2D eigenvalue weighted by molar-refractivity contribution is -0.138. The van der Waals surface area contributed by atoms with E-state index >= 15 is 0 Å². The lowest BCUT2D eigenvalue weighted by Gasteiger charge is -2.09. The maximum Gasteiger partial charge on any atom is 0.331 e. The van der Waals surface area contributed by atoms with Gasteiger partial charge in [-0.15, -0.1) is 0 Å². The van der Waals surface area contributed by atoms with E-state index in [0.717, 1.165) is 38.5 Å². The minimum atomic E-state index is -0.221. The van der Waals surface area contributed by atoms with Crippen LogP contribution < -0.4 is 0 Å². The minimum absolute atomic E-state index is 0.00593. The third-order valence-corrected chi connectivity index (χ3v) is 2.71. The van der Waals surface area contributed by atoms with E-state index in [-0.39, 0.29) is 18.2 Å². The second-order valence-electron chi connectivity index (χ2n) is 4.03. The number of carbonyl (C=O) groups is 1. The Balaban J connectivity index is 1.93. The van der Waals surface area contributed by atoms with Gasteiger partial charge >= 0.3 is 5.97 Å². The molecule has 86 valence electrons. The normalized spacial score (nSPS) is 21.7. The van der Waals surface area contributed by atoms with Crippen LogP contribution in [0.4, 0.5) is 0 Å². The standard InChI is InChI=1S/C12H20O3/c1-2-10(13)6-4-3-5-7-11-8-9-12(14)15-11/h8-11,13H,2-7H2,1H3/t10?,11-/m0/s1. The number of carbonyl (C=O) groups excluding carboxylic acids is 1. The zero-order valence-corrected chi connectivity index (χ0v) is 9.32. The molecule has 0 aromatic heterocycles. The molecule has 0 fully saturated rings. The zero-order chi connectivity index (χ0) is 11.1. The molecule has 0 spiro atoms. The van der Waals surface area contributed by atoms with E-state index in [9.17, 15) is 9.90 Å². The number of hydrogen-bond acceptors (Lipinski definition) is 3. The molecule has 3 heteroatoms. The fourth-order valence-corrected chi connectivity index (χ4v) is 1.68. The van der Waals surface area contributed by atoms with Crippen LogP contribution in [-0.2, 0) is 9.53 Å². The first kappa shape index (κ1) is 12.2. The third-order valence-electron chi connectivity index (χ3n) is 2.71. The average molecular weight is 212 g/mol. The highest BCUT2D eigenvalue weighted by Gasteiger charge is 2.15. The van der Waals surface area contributed by atoms with Gasteiger partial charge in [0.2, 0.25) is 0 Å². The quantitative estimate of drug-likeness (QED) is 0.520. The molecule has 0 aromatic carbocycles. The summed E-state index contributed by atoms with van der Waals surface area (Å²) in [6.07, 6.45) is 9.00. The van der Waals surface area contributed by atoms with Crippen molar-refractivity contribution >= 4 is 5.97 Å². The summed E-state index contributed by atoms with van der Waals surface area (Å²) in [7, 11) is 0. The molecule has 3 nitrogen and oxygen atoms in total. The molecule has 1 N–H and O–H groups in total. The van der Waals surface area contributed by atoms with Gasteiger partial charge in [-0.2, -0.15) is 0 Å². The number of rotatable bonds is 7. The number of aliphatic hydroxyl groups excluding tert-OH is 1. The molecule has 1 heterocycles. The second kappa shape index (κ2) is 6.62. The van der Waals surface area contributed by atoms with Crippen LogP contribution in [0.2, 0.25) is 0 Å². The van der Waals surface area contributed by atoms with E-state index in [2.05, 4.69) is 0 Å². The number of hydrogen-bond donors (Lipinski definition) is 1. The average Bonchev–Trinajstić information content (AvgIpc) is 2.63. The van der Waals surface area contributed by atoms with Gasteiger partial charge in [0, 0.05) is 6.08 Å². The van der Waals surface area contributed by atoms with Crippen LogP contribution in [0.25, 0.3) is 0 Å². The van der Waals surface area contributed by atoms with E-state index in [1.165, 1.54) is 6.08 Å². The van der Waals surface area contributed by atoms with Crippen LogP contribution in [0.5, 0.6) is 0 Å². The smallest absolute Gasteiger partial charge is 0.331 e. The van der Waals surface area contributed by atoms with E-state index in [1.807, 2.05) is 13.0 Å². The molecule has 1 aliphatic heterocycles. The van der Waals surface area contributed by atoms with Gasteiger partial charge in [-0.3, -0.25) is 0 Å². The summed E-state index contributed by atoms with van der Waals surface area (Å²) in [5.41, 5.74) is 0. The van der Waals surface area contributed by atoms with E-state index < -0.39 is 0 Å². The molecule has 2 atom stereocenters. The van der Waals surface area contributed by atoms with Crippen molar-refractivity contribution in [3.8, 4) is 0 Å². The predicted octanol–water partition coefficient (Wildman–Crippen LogP) is 2.19. The highest BCUT2D eigenvalue weighted by Crippen LogP contribution is 2.14. The van der Waals surface area contributed by atoms with Crippen molar-refractivity contribution in [1.82, 2.24) is 0 Å². The van der Waals surface area contributed by atoms with Gasteiger partial charge in [-0.25, -0.2) is 4.79 Å². The fourth-order valence-electron chi connectivity index (χ4n) is 1.68. The van der Waals surface area contributed by atoms with Crippen molar-refractivity contribution in [3.63, 3.8) is 0 Å². The van der Waals surface area contributed by atoms with Gasteiger partial charge in [-0.1, -0.05) is 19.8 Å². The van der Waals surface area contributed by atoms with Gasteiger partial charge in [0.15, 0.2) is 0 Å². The molecular formula is C12H20O3. The van der Waals surface area contributed by atoms with Gasteiger partial charge in [0.25, 0.3) is 0 Å². The predicted molar refractivity (Wildman–Crippen MR) is 58.4 cm³/mol. The van der Waals surface area contributed by atoms with E-state index in [4.69, 9.17) is 4.74 Å². The molecule has 0 saturated carbocycles. The molecule has 0 aliphatic carbocycles. The second-order valence-corrected chi connectivity index (χ2v) is 4.03. The SMILES string of the molecule is CCC(O)CCCCC[C@H]1C=CC(=O)O1. The highest BCUT2D eigenvalue weighted by molar-refractivity contribution is 5.84. The number of unbranched alkanes of at least 4 members (excludes halogenated alkanes) is 2. The van der Waals surface area contributed by atoms with Crippen molar-refractivity contribution in [2.75, 3.05) is 0 Å². The number of esters is 1. The first-order valence-electron chi connectivity index (χ1n) is 5.79. The minimum Gasteiger partial charge on any atom is -0.455 e. The lowest BCUT2D eigenvalue weighted by atomic mass is 10.1. The third kappa shape index (κ3) is 4.98. The van der Waals surface area contributed by atoms with Crippen LogP contribution >= 0.6 is 0 Å². The Bertz CT molecular complexity index is 223. The van der Waals surface area contributed by atoms with E-state index in [1.54, 1.807) is 0 Å². The molecule has 0 bridgehead atoms. The van der Waals surface area contributed by atoms with Gasteiger partial charge in [0.05, 0.1) is 6.10 Å². The number of aliphatic hydroxyl groups is 1. The van der Waals surface area contributed by atoms with Crippen molar-refractivity contribution in [1.29, 1.82) is 0 Å².